The highest BCUT2D eigenvalue weighted by molar-refractivity contribution is 6.16. The van der Waals surface area contributed by atoms with Gasteiger partial charge >= 0.3 is 0 Å². The first-order valence-electron chi connectivity index (χ1n) is 11.6. The van der Waals surface area contributed by atoms with Crippen molar-refractivity contribution in [3.8, 4) is 16.9 Å². The van der Waals surface area contributed by atoms with Gasteiger partial charge in [-0.05, 0) is 42.5 Å². The molecular formula is C31H18N2O2. The predicted molar refractivity (Wildman–Crippen MR) is 141 cm³/mol. The normalized spacial score (nSPS) is 12.0. The minimum absolute atomic E-state index is 0.850. The van der Waals surface area contributed by atoms with E-state index in [-0.39, 0.29) is 0 Å². The van der Waals surface area contributed by atoms with Gasteiger partial charge in [0.25, 0.3) is 0 Å². The number of pyridine rings is 1. The smallest absolute Gasteiger partial charge is 0.161 e. The largest absolute Gasteiger partial charge is 0.455 e. The van der Waals surface area contributed by atoms with E-state index in [1.165, 1.54) is 0 Å². The number of rotatable bonds is 2. The Bertz CT molecular complexity index is 2050. The number of fused-ring (bicyclic) bond motifs is 8. The molecule has 8 rings (SSSR count). The van der Waals surface area contributed by atoms with Crippen LogP contribution >= 0.6 is 0 Å². The fraction of sp³-hybridized carbons (Fsp3) is 0. The topological polar surface area (TPSA) is 44.1 Å². The first kappa shape index (κ1) is 18.6. The first-order chi connectivity index (χ1) is 17.4. The first-order valence-corrected chi connectivity index (χ1v) is 11.6. The second-order valence-corrected chi connectivity index (χ2v) is 8.81. The Hall–Kier alpha value is -4.83. The highest BCUT2D eigenvalue weighted by Crippen LogP contribution is 2.39. The molecule has 0 fully saturated rings. The lowest BCUT2D eigenvalue weighted by Crippen LogP contribution is -1.97. The molecule has 4 heteroatoms. The maximum atomic E-state index is 6.28. The van der Waals surface area contributed by atoms with Gasteiger partial charge in [-0.2, -0.15) is 0 Å². The van der Waals surface area contributed by atoms with Crippen molar-refractivity contribution in [1.29, 1.82) is 0 Å². The van der Waals surface area contributed by atoms with Crippen molar-refractivity contribution in [3.05, 3.63) is 109 Å². The van der Waals surface area contributed by atoms with Crippen LogP contribution in [-0.4, -0.2) is 9.55 Å². The van der Waals surface area contributed by atoms with Gasteiger partial charge in [-0.3, -0.25) is 4.57 Å². The quantitative estimate of drug-likeness (QED) is 0.265. The summed E-state index contributed by atoms with van der Waals surface area (Å²) in [6, 6.07) is 35.1. The molecule has 0 saturated heterocycles. The zero-order valence-corrected chi connectivity index (χ0v) is 18.6. The van der Waals surface area contributed by atoms with Gasteiger partial charge in [0.05, 0.1) is 5.52 Å². The van der Waals surface area contributed by atoms with Crippen molar-refractivity contribution in [2.75, 3.05) is 0 Å². The van der Waals surface area contributed by atoms with Gasteiger partial charge in [0, 0.05) is 38.9 Å². The lowest BCUT2D eigenvalue weighted by Gasteiger charge is -2.08. The summed E-state index contributed by atoms with van der Waals surface area (Å²) in [7, 11) is 0. The summed E-state index contributed by atoms with van der Waals surface area (Å²) >= 11 is 0. The standard InChI is InChI=1S/C31H18N2O2/c1-4-13-25-23(9-1)31-29(24-10-3-6-15-27(24)35-31)33(25)28-17-16-19(18-32-28)20-11-7-12-22-21-8-2-5-14-26(21)34-30(20)22/h1-18H. The van der Waals surface area contributed by atoms with E-state index in [2.05, 4.69) is 65.2 Å². The Morgan fingerprint density at radius 3 is 2.06 bits per heavy atom. The number of hydrogen-bond donors (Lipinski definition) is 0. The molecule has 4 heterocycles. The van der Waals surface area contributed by atoms with Crippen LogP contribution in [0.1, 0.15) is 0 Å². The highest BCUT2D eigenvalue weighted by atomic mass is 16.3. The second-order valence-electron chi connectivity index (χ2n) is 8.81. The molecule has 0 saturated carbocycles. The number of hydrogen-bond acceptors (Lipinski definition) is 3. The van der Waals surface area contributed by atoms with Gasteiger partial charge in [-0.25, -0.2) is 4.98 Å². The molecule has 8 aromatic rings. The lowest BCUT2D eigenvalue weighted by molar-refractivity contribution is 0.670. The fourth-order valence-electron chi connectivity index (χ4n) is 5.31. The van der Waals surface area contributed by atoms with Crippen molar-refractivity contribution < 1.29 is 8.83 Å². The molecule has 0 aliphatic heterocycles. The average molecular weight is 450 g/mol. The maximum absolute atomic E-state index is 6.28. The average Bonchev–Trinajstić information content (AvgIpc) is 3.58. The minimum atomic E-state index is 0.850. The molecule has 0 aliphatic rings. The van der Waals surface area contributed by atoms with E-state index in [0.29, 0.717) is 0 Å². The van der Waals surface area contributed by atoms with E-state index >= 15 is 0 Å². The van der Waals surface area contributed by atoms with Crippen LogP contribution in [0.4, 0.5) is 0 Å². The molecule has 0 aliphatic carbocycles. The molecule has 35 heavy (non-hydrogen) atoms. The fourth-order valence-corrected chi connectivity index (χ4v) is 5.31. The third-order valence-electron chi connectivity index (χ3n) is 6.87. The van der Waals surface area contributed by atoms with Crippen LogP contribution in [0.25, 0.3) is 71.9 Å². The summed E-state index contributed by atoms with van der Waals surface area (Å²) in [5, 5.41) is 4.40. The zero-order valence-electron chi connectivity index (χ0n) is 18.6. The molecule has 0 radical (unpaired) electrons. The van der Waals surface area contributed by atoms with Gasteiger partial charge in [0.2, 0.25) is 0 Å². The Labute approximate surface area is 199 Å². The van der Waals surface area contributed by atoms with Gasteiger partial charge in [-0.1, -0.05) is 60.7 Å². The molecular weight excluding hydrogens is 432 g/mol. The van der Waals surface area contributed by atoms with Gasteiger partial charge in [0.1, 0.15) is 28.1 Å². The van der Waals surface area contributed by atoms with Crippen LogP contribution in [-0.2, 0) is 0 Å². The van der Waals surface area contributed by atoms with Crippen molar-refractivity contribution in [3.63, 3.8) is 0 Å². The van der Waals surface area contributed by atoms with E-state index in [9.17, 15) is 0 Å². The Morgan fingerprint density at radius 1 is 0.543 bits per heavy atom. The zero-order chi connectivity index (χ0) is 22.9. The van der Waals surface area contributed by atoms with Crippen LogP contribution < -0.4 is 0 Å². The van der Waals surface area contributed by atoms with Crippen molar-refractivity contribution in [1.82, 2.24) is 9.55 Å². The molecule has 4 nitrogen and oxygen atoms in total. The van der Waals surface area contributed by atoms with Crippen molar-refractivity contribution >= 4 is 54.9 Å². The number of furan rings is 2. The molecule has 0 spiro atoms. The van der Waals surface area contributed by atoms with E-state index in [1.807, 2.05) is 48.7 Å². The molecule has 164 valence electrons. The number of benzene rings is 4. The van der Waals surface area contributed by atoms with Crippen molar-refractivity contribution in [2.24, 2.45) is 0 Å². The molecule has 0 amide bonds. The SMILES string of the molecule is c1ccc2c(c1)oc1c(-c3ccc(-n4c5ccccc5c5oc6ccccc6c54)nc3)cccc12. The summed E-state index contributed by atoms with van der Waals surface area (Å²) < 4.78 is 14.7. The third-order valence-corrected chi connectivity index (χ3v) is 6.87. The van der Waals surface area contributed by atoms with Crippen LogP contribution in [0.5, 0.6) is 0 Å². The Morgan fingerprint density at radius 2 is 1.23 bits per heavy atom. The third kappa shape index (κ3) is 2.53. The number of aromatic nitrogens is 2. The highest BCUT2D eigenvalue weighted by Gasteiger charge is 2.19. The van der Waals surface area contributed by atoms with E-state index in [0.717, 1.165) is 71.9 Å². The van der Waals surface area contributed by atoms with Crippen LogP contribution in [0.2, 0.25) is 0 Å². The van der Waals surface area contributed by atoms with Crippen LogP contribution in [0, 0.1) is 0 Å². The van der Waals surface area contributed by atoms with Crippen LogP contribution in [0.3, 0.4) is 0 Å². The maximum Gasteiger partial charge on any atom is 0.161 e. The molecule has 0 bridgehead atoms. The summed E-state index contributed by atoms with van der Waals surface area (Å²) in [6.07, 6.45) is 1.93. The molecule has 0 N–H and O–H groups in total. The van der Waals surface area contributed by atoms with Crippen molar-refractivity contribution in [2.45, 2.75) is 0 Å². The molecule has 0 atom stereocenters. The second kappa shape index (κ2) is 6.84. The molecule has 4 aromatic carbocycles. The van der Waals surface area contributed by atoms with Gasteiger partial charge in [0.15, 0.2) is 5.58 Å². The van der Waals surface area contributed by atoms with Crippen LogP contribution in [0.15, 0.2) is 118 Å². The number of para-hydroxylation sites is 4. The summed E-state index contributed by atoms with van der Waals surface area (Å²) in [5.41, 5.74) is 7.72. The Kier molecular flexibility index (Phi) is 3.63. The summed E-state index contributed by atoms with van der Waals surface area (Å²) in [4.78, 5) is 4.92. The monoisotopic (exact) mass is 450 g/mol. The predicted octanol–water partition coefficient (Wildman–Crippen LogP) is 8.49. The van der Waals surface area contributed by atoms with E-state index in [1.54, 1.807) is 0 Å². The summed E-state index contributed by atoms with van der Waals surface area (Å²) in [5.74, 6) is 0.850. The summed E-state index contributed by atoms with van der Waals surface area (Å²) in [6.45, 7) is 0. The van der Waals surface area contributed by atoms with Gasteiger partial charge < -0.3 is 8.83 Å². The van der Waals surface area contributed by atoms with E-state index in [4.69, 9.17) is 13.8 Å². The minimum Gasteiger partial charge on any atom is -0.455 e. The molecule has 0 unspecified atom stereocenters. The lowest BCUT2D eigenvalue weighted by atomic mass is 10.0. The number of nitrogens with zero attached hydrogens (tertiary/aromatic N) is 2. The van der Waals surface area contributed by atoms with E-state index < -0.39 is 0 Å². The molecule has 4 aromatic heterocycles. The van der Waals surface area contributed by atoms with Gasteiger partial charge in [-0.15, -0.1) is 0 Å². The Balaban J connectivity index is 1.35.